The minimum atomic E-state index is -4.85. The Balaban J connectivity index is 1.50. The van der Waals surface area contributed by atoms with E-state index in [0.717, 1.165) is 5.01 Å². The molecule has 0 saturated carbocycles. The molecule has 2 aliphatic rings. The van der Waals surface area contributed by atoms with Crippen LogP contribution in [0.2, 0.25) is 0 Å². The predicted octanol–water partition coefficient (Wildman–Crippen LogP) is 5.66. The van der Waals surface area contributed by atoms with Gasteiger partial charge in [0.25, 0.3) is 5.91 Å². The maximum Gasteiger partial charge on any atom is 0.435 e. The molecule has 10 heteroatoms. The Labute approximate surface area is 215 Å². The molecule has 0 N–H and O–H groups in total. The molecule has 38 heavy (non-hydrogen) atoms. The van der Waals surface area contributed by atoms with E-state index < -0.39 is 23.4 Å². The molecule has 190 valence electrons. The predicted molar refractivity (Wildman–Crippen MR) is 135 cm³/mol. The molecule has 0 unspecified atom stereocenters. The van der Waals surface area contributed by atoms with Gasteiger partial charge in [-0.3, -0.25) is 4.79 Å². The van der Waals surface area contributed by atoms with Crippen molar-refractivity contribution < 1.29 is 27.4 Å². The lowest BCUT2D eigenvalue weighted by Crippen LogP contribution is -2.25. The van der Waals surface area contributed by atoms with Crippen LogP contribution in [0.25, 0.3) is 23.0 Å². The SMILES string of the molecule is O=C1C(=Cc2cn(-c3ccccc3)nc2-c2ccc3c(c2)OCCO3)C(C(F)(F)F)=NN1c1ccccc1. The number of rotatable bonds is 4. The molecule has 2 aliphatic heterocycles. The van der Waals surface area contributed by atoms with E-state index in [4.69, 9.17) is 9.47 Å². The number of fused-ring (bicyclic) bond motifs is 1. The molecule has 0 spiro atoms. The summed E-state index contributed by atoms with van der Waals surface area (Å²) in [6.07, 6.45) is -2.07. The number of alkyl halides is 3. The zero-order chi connectivity index (χ0) is 26.3. The molecule has 1 amide bonds. The normalized spacial score (nSPS) is 16.2. The largest absolute Gasteiger partial charge is 0.486 e. The molecule has 7 nitrogen and oxygen atoms in total. The number of anilines is 1. The lowest BCUT2D eigenvalue weighted by Gasteiger charge is -2.18. The third-order valence-corrected chi connectivity index (χ3v) is 6.03. The lowest BCUT2D eigenvalue weighted by molar-refractivity contribution is -0.114. The lowest BCUT2D eigenvalue weighted by atomic mass is 10.0. The highest BCUT2D eigenvalue weighted by Crippen LogP contribution is 2.37. The summed E-state index contributed by atoms with van der Waals surface area (Å²) >= 11 is 0. The second-order valence-corrected chi connectivity index (χ2v) is 8.53. The molecule has 0 aliphatic carbocycles. The second-order valence-electron chi connectivity index (χ2n) is 8.53. The fraction of sp³-hybridized carbons (Fsp3) is 0.107. The highest BCUT2D eigenvalue weighted by atomic mass is 19.4. The van der Waals surface area contributed by atoms with E-state index in [9.17, 15) is 18.0 Å². The van der Waals surface area contributed by atoms with Crippen LogP contribution in [0.3, 0.4) is 0 Å². The quantitative estimate of drug-likeness (QED) is 0.329. The maximum absolute atomic E-state index is 14.1. The van der Waals surface area contributed by atoms with Gasteiger partial charge < -0.3 is 9.47 Å². The molecule has 0 radical (unpaired) electrons. The van der Waals surface area contributed by atoms with Crippen LogP contribution in [-0.2, 0) is 4.79 Å². The Morgan fingerprint density at radius 3 is 2.18 bits per heavy atom. The second kappa shape index (κ2) is 9.22. The number of carbonyl (C=O) groups excluding carboxylic acids is 1. The van der Waals surface area contributed by atoms with Crippen molar-refractivity contribution >= 4 is 23.4 Å². The van der Waals surface area contributed by atoms with Gasteiger partial charge >= 0.3 is 6.18 Å². The average Bonchev–Trinajstić information content (AvgIpc) is 3.51. The number of aromatic nitrogens is 2. The van der Waals surface area contributed by atoms with Gasteiger partial charge in [0.15, 0.2) is 17.2 Å². The van der Waals surface area contributed by atoms with E-state index in [-0.39, 0.29) is 5.69 Å². The molecule has 3 heterocycles. The van der Waals surface area contributed by atoms with Crippen molar-refractivity contribution in [3.05, 3.63) is 96.2 Å². The minimum Gasteiger partial charge on any atom is -0.486 e. The van der Waals surface area contributed by atoms with Crippen molar-refractivity contribution in [3.63, 3.8) is 0 Å². The summed E-state index contributed by atoms with van der Waals surface area (Å²) in [5.74, 6) is 0.189. The molecule has 3 aromatic carbocycles. The standard InChI is InChI=1S/C28H19F3N4O3/c29-28(30,31)26-22(27(36)35(33-26)21-9-5-2-6-10-21)15-19-17-34(20-7-3-1-4-8-20)32-25(19)18-11-12-23-24(16-18)38-14-13-37-23/h1-12,15-17H,13-14H2. The van der Waals surface area contributed by atoms with Crippen LogP contribution < -0.4 is 14.5 Å². The van der Waals surface area contributed by atoms with Crippen molar-refractivity contribution in [3.8, 4) is 28.4 Å². The van der Waals surface area contributed by atoms with Crippen LogP contribution in [0.5, 0.6) is 11.5 Å². The summed E-state index contributed by atoms with van der Waals surface area (Å²) in [5.41, 5.74) is 0.344. The Hall–Kier alpha value is -4.86. The van der Waals surface area contributed by atoms with Crippen molar-refractivity contribution in [2.24, 2.45) is 5.10 Å². The number of ether oxygens (including phenoxy) is 2. The Morgan fingerprint density at radius 2 is 1.50 bits per heavy atom. The Bertz CT molecular complexity index is 1580. The van der Waals surface area contributed by atoms with Crippen LogP contribution in [0.1, 0.15) is 5.56 Å². The van der Waals surface area contributed by atoms with E-state index in [0.29, 0.717) is 47.2 Å². The molecule has 0 atom stereocenters. The molecule has 0 fully saturated rings. The van der Waals surface area contributed by atoms with Crippen molar-refractivity contribution in [1.29, 1.82) is 0 Å². The van der Waals surface area contributed by atoms with Gasteiger partial charge in [-0.05, 0) is 48.5 Å². The smallest absolute Gasteiger partial charge is 0.435 e. The molecular formula is C28H19F3N4O3. The highest BCUT2D eigenvalue weighted by molar-refractivity contribution is 6.34. The first-order chi connectivity index (χ1) is 18.4. The summed E-state index contributed by atoms with van der Waals surface area (Å²) in [6, 6.07) is 22.3. The molecule has 0 saturated heterocycles. The number of hydrogen-bond donors (Lipinski definition) is 0. The van der Waals surface area contributed by atoms with Crippen molar-refractivity contribution in [1.82, 2.24) is 9.78 Å². The Morgan fingerprint density at radius 1 is 0.842 bits per heavy atom. The molecule has 6 rings (SSSR count). The van der Waals surface area contributed by atoms with Gasteiger partial charge in [0.05, 0.1) is 16.9 Å². The number of hydrazone groups is 1. The molecular weight excluding hydrogens is 497 g/mol. The van der Waals surface area contributed by atoms with E-state index >= 15 is 0 Å². The first-order valence-corrected chi connectivity index (χ1v) is 11.7. The number of carbonyl (C=O) groups is 1. The van der Waals surface area contributed by atoms with E-state index in [1.807, 2.05) is 30.3 Å². The van der Waals surface area contributed by atoms with E-state index in [1.54, 1.807) is 47.3 Å². The number of nitrogens with zero attached hydrogens (tertiary/aromatic N) is 4. The molecule has 4 aromatic rings. The van der Waals surface area contributed by atoms with Crippen LogP contribution in [0.4, 0.5) is 18.9 Å². The third-order valence-electron chi connectivity index (χ3n) is 6.03. The van der Waals surface area contributed by atoms with Gasteiger partial charge in [-0.1, -0.05) is 36.4 Å². The minimum absolute atomic E-state index is 0.231. The van der Waals surface area contributed by atoms with Crippen LogP contribution in [0, 0.1) is 0 Å². The highest BCUT2D eigenvalue weighted by Gasteiger charge is 2.47. The van der Waals surface area contributed by atoms with Crippen LogP contribution in [-0.4, -0.2) is 40.8 Å². The van der Waals surface area contributed by atoms with Crippen LogP contribution >= 0.6 is 0 Å². The number of amides is 1. The summed E-state index contributed by atoms with van der Waals surface area (Å²) in [4.78, 5) is 13.3. The van der Waals surface area contributed by atoms with Crippen LogP contribution in [0.15, 0.2) is 95.7 Å². The number of halogens is 3. The van der Waals surface area contributed by atoms with Gasteiger partial charge in [-0.25, -0.2) is 4.68 Å². The van der Waals surface area contributed by atoms with Gasteiger partial charge in [-0.2, -0.15) is 28.4 Å². The number of benzene rings is 3. The Kier molecular flexibility index (Phi) is 5.71. The summed E-state index contributed by atoms with van der Waals surface area (Å²) < 4.78 is 55.0. The van der Waals surface area contributed by atoms with Gasteiger partial charge in [0, 0.05) is 17.3 Å². The number of para-hydroxylation sites is 2. The van der Waals surface area contributed by atoms with E-state index in [2.05, 4.69) is 10.2 Å². The molecule has 1 aromatic heterocycles. The third kappa shape index (κ3) is 4.30. The number of hydrogen-bond acceptors (Lipinski definition) is 5. The summed E-state index contributed by atoms with van der Waals surface area (Å²) in [7, 11) is 0. The first-order valence-electron chi connectivity index (χ1n) is 11.7. The van der Waals surface area contributed by atoms with E-state index in [1.165, 1.54) is 18.2 Å². The monoisotopic (exact) mass is 516 g/mol. The zero-order valence-electron chi connectivity index (χ0n) is 19.7. The van der Waals surface area contributed by atoms with Crippen molar-refractivity contribution in [2.45, 2.75) is 6.18 Å². The van der Waals surface area contributed by atoms with Gasteiger partial charge in [-0.15, -0.1) is 0 Å². The summed E-state index contributed by atoms with van der Waals surface area (Å²) in [5, 5.41) is 9.08. The maximum atomic E-state index is 14.1. The van der Waals surface area contributed by atoms with Crippen molar-refractivity contribution in [2.75, 3.05) is 18.2 Å². The summed E-state index contributed by atoms with van der Waals surface area (Å²) in [6.45, 7) is 0.799. The average molecular weight is 516 g/mol. The fourth-order valence-electron chi connectivity index (χ4n) is 4.27. The van der Waals surface area contributed by atoms with Gasteiger partial charge in [0.2, 0.25) is 0 Å². The topological polar surface area (TPSA) is 69.0 Å². The first kappa shape index (κ1) is 23.5. The zero-order valence-corrected chi connectivity index (χ0v) is 19.7. The molecule has 0 bridgehead atoms. The fourth-order valence-corrected chi connectivity index (χ4v) is 4.27. The van der Waals surface area contributed by atoms with Gasteiger partial charge in [0.1, 0.15) is 18.9 Å².